The summed E-state index contributed by atoms with van der Waals surface area (Å²) in [6.07, 6.45) is 0. The molecule has 0 spiro atoms. The highest BCUT2D eigenvalue weighted by Crippen LogP contribution is 2.17. The molecule has 1 aromatic carbocycles. The molecule has 2 N–H and O–H groups in total. The van der Waals surface area contributed by atoms with Crippen molar-refractivity contribution in [2.75, 3.05) is 0 Å². The average Bonchev–Trinajstić information content (AvgIpc) is 2.08. The van der Waals surface area contributed by atoms with Crippen molar-refractivity contribution >= 4 is 0 Å². The molecule has 0 aliphatic rings. The van der Waals surface area contributed by atoms with Crippen molar-refractivity contribution < 1.29 is 17.6 Å². The van der Waals surface area contributed by atoms with E-state index in [1.807, 2.05) is 0 Å². The highest BCUT2D eigenvalue weighted by Gasteiger charge is 2.17. The van der Waals surface area contributed by atoms with Crippen LogP contribution in [0, 0.1) is 23.3 Å². The fourth-order valence-corrected chi connectivity index (χ4v) is 0.770. The maximum atomic E-state index is 12.6. The first-order valence-corrected chi connectivity index (χ1v) is 3.10. The van der Waals surface area contributed by atoms with Crippen LogP contribution in [-0.2, 0) is 6.54 Å². The van der Waals surface area contributed by atoms with E-state index in [4.69, 9.17) is 5.73 Å². The maximum absolute atomic E-state index is 12.6. The number of nitrogens with two attached hydrogens (primary N) is 1. The molecule has 0 aliphatic carbocycles. The van der Waals surface area contributed by atoms with Crippen LogP contribution in [0.25, 0.3) is 0 Å². The number of halogens is 4. The summed E-state index contributed by atoms with van der Waals surface area (Å²) in [5.41, 5.74) is 4.56. The molecule has 0 aliphatic heterocycles. The monoisotopic (exact) mass is 179 g/mol. The largest absolute Gasteiger partial charge is 0.326 e. The Hall–Kier alpha value is -1.10. The second-order valence-corrected chi connectivity index (χ2v) is 2.16. The minimum absolute atomic E-state index is 0.375. The minimum atomic E-state index is -1.82. The summed E-state index contributed by atoms with van der Waals surface area (Å²) >= 11 is 0. The molecule has 0 radical (unpaired) electrons. The van der Waals surface area contributed by atoms with Gasteiger partial charge in [-0.1, -0.05) is 0 Å². The Morgan fingerprint density at radius 2 is 1.58 bits per heavy atom. The lowest BCUT2D eigenvalue weighted by molar-refractivity contribution is 0.404. The van der Waals surface area contributed by atoms with Crippen molar-refractivity contribution in [3.05, 3.63) is 34.9 Å². The fraction of sp³-hybridized carbons (Fsp3) is 0.143. The third-order valence-electron chi connectivity index (χ3n) is 1.40. The van der Waals surface area contributed by atoms with Crippen LogP contribution >= 0.6 is 0 Å². The van der Waals surface area contributed by atoms with Crippen molar-refractivity contribution in [1.82, 2.24) is 0 Å². The van der Waals surface area contributed by atoms with E-state index in [2.05, 4.69) is 0 Å². The lowest BCUT2D eigenvalue weighted by Crippen LogP contribution is -2.05. The van der Waals surface area contributed by atoms with Crippen LogP contribution in [0.4, 0.5) is 17.6 Å². The van der Waals surface area contributed by atoms with Gasteiger partial charge in [-0.05, 0) is 6.07 Å². The summed E-state index contributed by atoms with van der Waals surface area (Å²) in [5, 5.41) is 0. The van der Waals surface area contributed by atoms with Crippen LogP contribution in [-0.4, -0.2) is 0 Å². The Labute approximate surface area is 65.8 Å². The van der Waals surface area contributed by atoms with Crippen LogP contribution in [0.5, 0.6) is 0 Å². The molecule has 0 atom stereocenters. The molecule has 1 rings (SSSR count). The molecule has 0 aromatic heterocycles. The highest BCUT2D eigenvalue weighted by molar-refractivity contribution is 5.21. The van der Waals surface area contributed by atoms with Gasteiger partial charge in [-0.15, -0.1) is 0 Å². The molecular weight excluding hydrogens is 174 g/mol. The van der Waals surface area contributed by atoms with E-state index in [-0.39, 0.29) is 12.1 Å². The Morgan fingerprint density at radius 3 is 2.08 bits per heavy atom. The van der Waals surface area contributed by atoms with Crippen molar-refractivity contribution in [1.29, 1.82) is 0 Å². The number of benzene rings is 1. The molecule has 5 heteroatoms. The van der Waals surface area contributed by atoms with Gasteiger partial charge in [0.2, 0.25) is 0 Å². The van der Waals surface area contributed by atoms with Crippen LogP contribution < -0.4 is 5.73 Å². The van der Waals surface area contributed by atoms with Gasteiger partial charge in [0.1, 0.15) is 0 Å². The normalized spacial score (nSPS) is 10.4. The molecule has 0 amide bonds. The molecule has 0 saturated carbocycles. The van der Waals surface area contributed by atoms with Gasteiger partial charge >= 0.3 is 0 Å². The summed E-state index contributed by atoms with van der Waals surface area (Å²) in [6.45, 7) is -0.375. The zero-order valence-electron chi connectivity index (χ0n) is 5.87. The van der Waals surface area contributed by atoms with Crippen molar-refractivity contribution in [2.24, 2.45) is 5.73 Å². The van der Waals surface area contributed by atoms with Gasteiger partial charge in [0.05, 0.1) is 0 Å². The van der Waals surface area contributed by atoms with Gasteiger partial charge in [0.25, 0.3) is 0 Å². The first kappa shape index (κ1) is 8.99. The van der Waals surface area contributed by atoms with Crippen LogP contribution in [0.15, 0.2) is 6.07 Å². The summed E-state index contributed by atoms with van der Waals surface area (Å²) in [4.78, 5) is 0. The molecule has 0 bridgehead atoms. The first-order chi connectivity index (χ1) is 5.57. The first-order valence-electron chi connectivity index (χ1n) is 3.10. The van der Waals surface area contributed by atoms with Gasteiger partial charge in [0, 0.05) is 12.1 Å². The molecule has 0 saturated heterocycles. The standard InChI is InChI=1S/C7H5F4N/c8-4-1-3(2-12)5(9)7(11)6(4)10/h1H,2,12H2. The number of hydrogen-bond acceptors (Lipinski definition) is 1. The highest BCUT2D eigenvalue weighted by atomic mass is 19.2. The van der Waals surface area contributed by atoms with E-state index in [1.54, 1.807) is 0 Å². The Morgan fingerprint density at radius 1 is 1.00 bits per heavy atom. The van der Waals surface area contributed by atoms with Crippen molar-refractivity contribution in [3.63, 3.8) is 0 Å². The smallest absolute Gasteiger partial charge is 0.197 e. The van der Waals surface area contributed by atoms with E-state index < -0.39 is 23.3 Å². The van der Waals surface area contributed by atoms with Gasteiger partial charge in [-0.3, -0.25) is 0 Å². The molecular formula is C7H5F4N. The average molecular weight is 179 g/mol. The molecule has 0 fully saturated rings. The number of rotatable bonds is 1. The predicted molar refractivity (Wildman–Crippen MR) is 34.2 cm³/mol. The van der Waals surface area contributed by atoms with E-state index in [0.717, 1.165) is 0 Å². The summed E-state index contributed by atoms with van der Waals surface area (Å²) < 4.78 is 49.6. The summed E-state index contributed by atoms with van der Waals surface area (Å²) in [5.74, 6) is -6.51. The predicted octanol–water partition coefficient (Wildman–Crippen LogP) is 1.70. The second-order valence-electron chi connectivity index (χ2n) is 2.16. The SMILES string of the molecule is NCc1cc(F)c(F)c(F)c1F. The quantitative estimate of drug-likeness (QED) is 0.396. The molecule has 66 valence electrons. The minimum Gasteiger partial charge on any atom is -0.326 e. The van der Waals surface area contributed by atoms with Crippen LogP contribution in [0.2, 0.25) is 0 Å². The lowest BCUT2D eigenvalue weighted by Gasteiger charge is -2.01. The van der Waals surface area contributed by atoms with Crippen molar-refractivity contribution in [2.45, 2.75) is 6.54 Å². The van der Waals surface area contributed by atoms with Gasteiger partial charge in [-0.2, -0.15) is 0 Å². The lowest BCUT2D eigenvalue weighted by atomic mass is 10.2. The number of hydrogen-bond donors (Lipinski definition) is 1. The Bertz CT molecular complexity index is 311. The van der Waals surface area contributed by atoms with E-state index in [0.29, 0.717) is 6.07 Å². The van der Waals surface area contributed by atoms with Gasteiger partial charge < -0.3 is 5.73 Å². The second kappa shape index (κ2) is 3.10. The summed E-state index contributed by atoms with van der Waals surface area (Å²) in [6, 6.07) is 0.535. The van der Waals surface area contributed by atoms with E-state index >= 15 is 0 Å². The Kier molecular flexibility index (Phi) is 2.32. The topological polar surface area (TPSA) is 26.0 Å². The Balaban J connectivity index is 3.39. The maximum Gasteiger partial charge on any atom is 0.197 e. The van der Waals surface area contributed by atoms with Gasteiger partial charge in [0.15, 0.2) is 23.3 Å². The molecule has 1 aromatic rings. The summed E-state index contributed by atoms with van der Waals surface area (Å²) in [7, 11) is 0. The zero-order chi connectivity index (χ0) is 9.30. The van der Waals surface area contributed by atoms with Crippen LogP contribution in [0.3, 0.4) is 0 Å². The molecule has 0 heterocycles. The zero-order valence-corrected chi connectivity index (χ0v) is 5.87. The van der Waals surface area contributed by atoms with Gasteiger partial charge in [-0.25, -0.2) is 17.6 Å². The molecule has 1 nitrogen and oxygen atoms in total. The third-order valence-corrected chi connectivity index (χ3v) is 1.40. The van der Waals surface area contributed by atoms with E-state index in [1.165, 1.54) is 0 Å². The third kappa shape index (κ3) is 1.27. The fourth-order valence-electron chi connectivity index (χ4n) is 0.770. The van der Waals surface area contributed by atoms with Crippen molar-refractivity contribution in [3.8, 4) is 0 Å². The van der Waals surface area contributed by atoms with Crippen LogP contribution in [0.1, 0.15) is 5.56 Å². The molecule has 12 heavy (non-hydrogen) atoms. The molecule has 0 unspecified atom stereocenters. The van der Waals surface area contributed by atoms with E-state index in [9.17, 15) is 17.6 Å².